The van der Waals surface area contributed by atoms with E-state index >= 15 is 0 Å². The molecule has 0 aliphatic rings. The van der Waals surface area contributed by atoms with Gasteiger partial charge in [0, 0.05) is 15.6 Å². The Hall–Kier alpha value is -2.17. The maximum Gasteiger partial charge on any atom is 0.350 e. The van der Waals surface area contributed by atoms with Gasteiger partial charge in [0.15, 0.2) is 12.4 Å². The molecular weight excluding hydrogens is 344 g/mol. The van der Waals surface area contributed by atoms with Crippen LogP contribution in [-0.2, 0) is 11.2 Å². The van der Waals surface area contributed by atoms with Crippen LogP contribution < -0.4 is 0 Å². The van der Waals surface area contributed by atoms with Crippen molar-refractivity contribution in [2.24, 2.45) is 0 Å². The van der Waals surface area contributed by atoms with E-state index in [-0.39, 0.29) is 12.4 Å². The van der Waals surface area contributed by atoms with E-state index < -0.39 is 5.97 Å². The molecule has 0 amide bonds. The van der Waals surface area contributed by atoms with Crippen LogP contribution >= 0.6 is 22.9 Å². The summed E-state index contributed by atoms with van der Waals surface area (Å²) in [5, 5.41) is 1.19. The molecule has 0 N–H and O–H groups in total. The van der Waals surface area contributed by atoms with Crippen LogP contribution in [0.5, 0.6) is 0 Å². The number of Topliss-reactive ketones (excluding diaryl/α,β-unsaturated/α-hetero) is 1. The lowest BCUT2D eigenvalue weighted by Crippen LogP contribution is -2.13. The molecular formula is C19H15ClO3S. The number of thiophene rings is 1. The second kappa shape index (κ2) is 7.16. The molecule has 0 aliphatic heterocycles. The third-order valence-corrected chi connectivity index (χ3v) is 5.39. The molecule has 3 nitrogen and oxygen atoms in total. The minimum atomic E-state index is -0.570. The zero-order chi connectivity index (χ0) is 17.1. The largest absolute Gasteiger partial charge is 0.453 e. The predicted molar refractivity (Wildman–Crippen MR) is 97.3 cm³/mol. The van der Waals surface area contributed by atoms with E-state index in [4.69, 9.17) is 16.3 Å². The molecule has 0 fully saturated rings. The van der Waals surface area contributed by atoms with E-state index in [2.05, 4.69) is 0 Å². The lowest BCUT2D eigenvalue weighted by atomic mass is 10.1. The minimum Gasteiger partial charge on any atom is -0.453 e. The molecule has 5 heteroatoms. The van der Waals surface area contributed by atoms with Crippen LogP contribution in [0.3, 0.4) is 0 Å². The van der Waals surface area contributed by atoms with E-state index in [1.807, 2.05) is 43.3 Å². The van der Waals surface area contributed by atoms with Gasteiger partial charge in [-0.25, -0.2) is 4.79 Å². The molecule has 2 aromatic carbocycles. The third-order valence-electron chi connectivity index (χ3n) is 3.74. The number of carbonyl (C=O) groups is 2. The Morgan fingerprint density at radius 2 is 1.79 bits per heavy atom. The molecule has 0 atom stereocenters. The van der Waals surface area contributed by atoms with E-state index in [1.54, 1.807) is 12.1 Å². The SMILES string of the molecule is CCc1ccc(C(=O)COC(=O)c2sc3ccccc3c2Cl)cc1. The summed E-state index contributed by atoms with van der Waals surface area (Å²) in [6.45, 7) is 1.75. The van der Waals surface area contributed by atoms with Crippen LogP contribution in [-0.4, -0.2) is 18.4 Å². The maximum absolute atomic E-state index is 12.2. The van der Waals surface area contributed by atoms with E-state index in [0.717, 1.165) is 22.1 Å². The summed E-state index contributed by atoms with van der Waals surface area (Å²) in [4.78, 5) is 24.7. The van der Waals surface area contributed by atoms with Gasteiger partial charge in [0.1, 0.15) is 4.88 Å². The van der Waals surface area contributed by atoms with E-state index in [9.17, 15) is 9.59 Å². The Labute approximate surface area is 148 Å². The van der Waals surface area contributed by atoms with Crippen molar-refractivity contribution in [3.8, 4) is 0 Å². The monoisotopic (exact) mass is 358 g/mol. The molecule has 0 radical (unpaired) electrons. The number of esters is 1. The Morgan fingerprint density at radius 3 is 2.46 bits per heavy atom. The fourth-order valence-corrected chi connectivity index (χ4v) is 3.75. The Kier molecular flexibility index (Phi) is 4.97. The van der Waals surface area contributed by atoms with Crippen LogP contribution in [0.2, 0.25) is 5.02 Å². The number of hydrogen-bond acceptors (Lipinski definition) is 4. The number of fused-ring (bicyclic) bond motifs is 1. The predicted octanol–water partition coefficient (Wildman–Crippen LogP) is 5.16. The number of benzene rings is 2. The summed E-state index contributed by atoms with van der Waals surface area (Å²) in [6.07, 6.45) is 0.911. The van der Waals surface area contributed by atoms with Gasteiger partial charge in [-0.05, 0) is 18.1 Å². The lowest BCUT2D eigenvalue weighted by Gasteiger charge is -2.04. The van der Waals surface area contributed by atoms with Crippen molar-refractivity contribution in [2.45, 2.75) is 13.3 Å². The average molecular weight is 359 g/mol. The molecule has 24 heavy (non-hydrogen) atoms. The first kappa shape index (κ1) is 16.7. The highest BCUT2D eigenvalue weighted by Gasteiger charge is 2.19. The minimum absolute atomic E-state index is 0.233. The highest BCUT2D eigenvalue weighted by atomic mass is 35.5. The second-order valence-corrected chi connectivity index (χ2v) is 6.72. The van der Waals surface area contributed by atoms with Gasteiger partial charge in [0.25, 0.3) is 0 Å². The van der Waals surface area contributed by atoms with Crippen LogP contribution in [0.25, 0.3) is 10.1 Å². The highest BCUT2D eigenvalue weighted by molar-refractivity contribution is 7.21. The van der Waals surface area contributed by atoms with Gasteiger partial charge < -0.3 is 4.74 Å². The van der Waals surface area contributed by atoms with Crippen molar-refractivity contribution in [3.05, 3.63) is 69.6 Å². The Bertz CT molecular complexity index is 897. The van der Waals surface area contributed by atoms with Crippen molar-refractivity contribution in [1.29, 1.82) is 0 Å². The van der Waals surface area contributed by atoms with Gasteiger partial charge >= 0.3 is 5.97 Å². The standard InChI is InChI=1S/C19H15ClO3S/c1-2-12-7-9-13(10-8-12)15(21)11-23-19(22)18-17(20)14-5-3-4-6-16(14)24-18/h3-10H,2,11H2,1H3. The molecule has 3 rings (SSSR count). The fraction of sp³-hybridized carbons (Fsp3) is 0.158. The Balaban J connectivity index is 1.69. The van der Waals surface area contributed by atoms with E-state index in [1.165, 1.54) is 11.3 Å². The zero-order valence-corrected chi connectivity index (χ0v) is 14.6. The molecule has 122 valence electrons. The number of ether oxygens (including phenoxy) is 1. The molecule has 0 unspecified atom stereocenters. The molecule has 0 spiro atoms. The van der Waals surface area contributed by atoms with Crippen molar-refractivity contribution < 1.29 is 14.3 Å². The molecule has 0 saturated heterocycles. The third kappa shape index (κ3) is 3.35. The fourth-order valence-electron chi connectivity index (χ4n) is 2.35. The van der Waals surface area contributed by atoms with Crippen molar-refractivity contribution >= 4 is 44.8 Å². The average Bonchev–Trinajstić information content (AvgIpc) is 2.96. The number of hydrogen-bond donors (Lipinski definition) is 0. The topological polar surface area (TPSA) is 43.4 Å². The first-order valence-corrected chi connectivity index (χ1v) is 8.76. The first-order chi connectivity index (χ1) is 11.6. The van der Waals surface area contributed by atoms with Gasteiger partial charge in [-0.15, -0.1) is 11.3 Å². The lowest BCUT2D eigenvalue weighted by molar-refractivity contribution is 0.0480. The van der Waals surface area contributed by atoms with Crippen molar-refractivity contribution in [1.82, 2.24) is 0 Å². The summed E-state index contributed by atoms with van der Waals surface area (Å²) in [5.74, 6) is -0.803. The molecule has 0 bridgehead atoms. The molecule has 0 saturated carbocycles. The number of halogens is 1. The van der Waals surface area contributed by atoms with Gasteiger partial charge in [0.05, 0.1) is 5.02 Å². The van der Waals surface area contributed by atoms with Crippen LogP contribution in [0.15, 0.2) is 48.5 Å². The number of carbonyl (C=O) groups excluding carboxylic acids is 2. The molecule has 3 aromatic rings. The summed E-state index contributed by atoms with van der Waals surface area (Å²) in [5.41, 5.74) is 1.68. The molecule has 1 heterocycles. The molecule has 0 aliphatic carbocycles. The summed E-state index contributed by atoms with van der Waals surface area (Å²) >= 11 is 7.51. The van der Waals surface area contributed by atoms with Gasteiger partial charge in [-0.3, -0.25) is 4.79 Å². The quantitative estimate of drug-likeness (QED) is 0.467. The van der Waals surface area contributed by atoms with Crippen molar-refractivity contribution in [2.75, 3.05) is 6.61 Å². The Morgan fingerprint density at radius 1 is 1.08 bits per heavy atom. The van der Waals surface area contributed by atoms with Gasteiger partial charge in [0.2, 0.25) is 0 Å². The van der Waals surface area contributed by atoms with Crippen LogP contribution in [0.4, 0.5) is 0 Å². The summed E-state index contributed by atoms with van der Waals surface area (Å²) < 4.78 is 6.06. The highest BCUT2D eigenvalue weighted by Crippen LogP contribution is 2.35. The van der Waals surface area contributed by atoms with Crippen molar-refractivity contribution in [3.63, 3.8) is 0 Å². The van der Waals surface area contributed by atoms with Gasteiger partial charge in [-0.1, -0.05) is 61.0 Å². The number of rotatable bonds is 5. The summed E-state index contributed by atoms with van der Waals surface area (Å²) in [6, 6.07) is 14.8. The number of ketones is 1. The zero-order valence-electron chi connectivity index (χ0n) is 13.0. The van der Waals surface area contributed by atoms with Crippen LogP contribution in [0, 0.1) is 0 Å². The van der Waals surface area contributed by atoms with Crippen LogP contribution in [0.1, 0.15) is 32.5 Å². The summed E-state index contributed by atoms with van der Waals surface area (Å²) in [7, 11) is 0. The second-order valence-electron chi connectivity index (χ2n) is 5.29. The number of aryl methyl sites for hydroxylation is 1. The smallest absolute Gasteiger partial charge is 0.350 e. The normalized spacial score (nSPS) is 10.8. The first-order valence-electron chi connectivity index (χ1n) is 7.56. The molecule has 1 aromatic heterocycles. The van der Waals surface area contributed by atoms with Gasteiger partial charge in [-0.2, -0.15) is 0 Å². The maximum atomic E-state index is 12.2. The van der Waals surface area contributed by atoms with E-state index in [0.29, 0.717) is 15.5 Å².